The lowest BCUT2D eigenvalue weighted by Gasteiger charge is -2.11. The minimum atomic E-state index is 0.928. The average molecular weight is 610 g/mol. The predicted molar refractivity (Wildman–Crippen MR) is 192 cm³/mol. The fourth-order valence-electron chi connectivity index (χ4n) is 7.02. The third-order valence-electron chi connectivity index (χ3n) is 8.92. The molecule has 0 atom stereocenters. The van der Waals surface area contributed by atoms with Crippen molar-refractivity contribution in [2.24, 2.45) is 0 Å². The lowest BCUT2D eigenvalue weighted by Crippen LogP contribution is -1.96. The molecule has 0 amide bonds. The summed E-state index contributed by atoms with van der Waals surface area (Å²) in [5.74, 6) is 0.928. The average Bonchev–Trinajstić information content (AvgIpc) is 3.64. The van der Waals surface area contributed by atoms with Crippen LogP contribution in [0.25, 0.3) is 80.2 Å². The topological polar surface area (TPSA) is 30.7 Å². The Hall–Kier alpha value is -5.23. The summed E-state index contributed by atoms with van der Waals surface area (Å²) >= 11 is 3.65. The minimum absolute atomic E-state index is 0.928. The van der Waals surface area contributed by atoms with E-state index in [0.29, 0.717) is 0 Å². The second kappa shape index (κ2) is 9.63. The molecule has 4 heterocycles. The van der Waals surface area contributed by atoms with Crippen LogP contribution in [0.2, 0.25) is 0 Å². The summed E-state index contributed by atoms with van der Waals surface area (Å²) in [6, 6.07) is 46.0. The van der Waals surface area contributed by atoms with Crippen LogP contribution in [0.1, 0.15) is 0 Å². The molecule has 0 bridgehead atoms. The zero-order chi connectivity index (χ0) is 29.5. The highest BCUT2D eigenvalue weighted by atomic mass is 32.2. The molecular formula is C40H23N3S2. The summed E-state index contributed by atoms with van der Waals surface area (Å²) in [5, 5.41) is 11.2. The van der Waals surface area contributed by atoms with Crippen molar-refractivity contribution in [2.75, 3.05) is 0 Å². The Labute approximate surface area is 266 Å². The Bertz CT molecular complexity index is 2760. The van der Waals surface area contributed by atoms with E-state index in [1.807, 2.05) is 35.9 Å². The number of rotatable bonds is 3. The van der Waals surface area contributed by atoms with Crippen LogP contribution in [-0.4, -0.2) is 14.5 Å². The lowest BCUT2D eigenvalue weighted by molar-refractivity contribution is 1.08. The van der Waals surface area contributed by atoms with E-state index in [4.69, 9.17) is 9.97 Å². The minimum Gasteiger partial charge on any atom is -0.293 e. The number of pyridine rings is 2. The van der Waals surface area contributed by atoms with Crippen molar-refractivity contribution in [1.82, 2.24) is 14.5 Å². The van der Waals surface area contributed by atoms with E-state index in [1.54, 1.807) is 11.8 Å². The fraction of sp³-hybridized carbons (Fsp3) is 0. The van der Waals surface area contributed by atoms with E-state index in [1.165, 1.54) is 73.2 Å². The lowest BCUT2D eigenvalue weighted by atomic mass is 9.97. The second-order valence-corrected chi connectivity index (χ2v) is 13.6. The molecule has 0 saturated heterocycles. The van der Waals surface area contributed by atoms with Crippen LogP contribution >= 0.6 is 23.1 Å². The first kappa shape index (κ1) is 25.1. The van der Waals surface area contributed by atoms with Gasteiger partial charge >= 0.3 is 0 Å². The van der Waals surface area contributed by atoms with Crippen LogP contribution in [-0.2, 0) is 0 Å². The summed E-state index contributed by atoms with van der Waals surface area (Å²) in [6.45, 7) is 0. The zero-order valence-corrected chi connectivity index (χ0v) is 25.6. The Kier molecular flexibility index (Phi) is 5.38. The van der Waals surface area contributed by atoms with E-state index >= 15 is 0 Å². The molecule has 10 rings (SSSR count). The van der Waals surface area contributed by atoms with Gasteiger partial charge in [0.15, 0.2) is 0 Å². The number of thiophene rings is 1. The van der Waals surface area contributed by atoms with Gasteiger partial charge in [-0.2, -0.15) is 0 Å². The van der Waals surface area contributed by atoms with E-state index < -0.39 is 0 Å². The molecule has 0 N–H and O–H groups in total. The van der Waals surface area contributed by atoms with Crippen molar-refractivity contribution < 1.29 is 0 Å². The van der Waals surface area contributed by atoms with Crippen molar-refractivity contribution in [3.63, 3.8) is 0 Å². The van der Waals surface area contributed by atoms with Gasteiger partial charge in [0.1, 0.15) is 5.82 Å². The van der Waals surface area contributed by atoms with Gasteiger partial charge < -0.3 is 0 Å². The summed E-state index contributed by atoms with van der Waals surface area (Å²) in [5.41, 5.74) is 3.43. The van der Waals surface area contributed by atoms with E-state index in [2.05, 4.69) is 120 Å². The molecule has 0 radical (unpaired) electrons. The molecule has 3 nitrogen and oxygen atoms in total. The molecule has 45 heavy (non-hydrogen) atoms. The van der Waals surface area contributed by atoms with Crippen LogP contribution in [0.5, 0.6) is 0 Å². The molecule has 0 aliphatic heterocycles. The first-order chi connectivity index (χ1) is 22.3. The van der Waals surface area contributed by atoms with Crippen molar-refractivity contribution in [3.05, 3.63) is 140 Å². The van der Waals surface area contributed by atoms with Gasteiger partial charge in [0.05, 0.1) is 16.6 Å². The Morgan fingerprint density at radius 3 is 2.04 bits per heavy atom. The van der Waals surface area contributed by atoms with Gasteiger partial charge in [0, 0.05) is 63.9 Å². The number of hydrogen-bond acceptors (Lipinski definition) is 4. The number of nitrogens with zero attached hydrogens (tertiary/aromatic N) is 3. The summed E-state index contributed by atoms with van der Waals surface area (Å²) < 4.78 is 4.96. The Morgan fingerprint density at radius 2 is 1.18 bits per heavy atom. The highest BCUT2D eigenvalue weighted by Gasteiger charge is 2.19. The van der Waals surface area contributed by atoms with Crippen LogP contribution in [0.3, 0.4) is 0 Å². The fourth-order valence-corrected chi connectivity index (χ4v) is 9.02. The molecule has 10 aromatic rings. The molecular weight excluding hydrogens is 587 g/mol. The van der Waals surface area contributed by atoms with Gasteiger partial charge in [-0.15, -0.1) is 11.3 Å². The standard InChI is InChI=1S/C40H23N3S2/c1-2-9-27-26(8-1)28-16-14-24(22-33(28)39-30(27)11-7-21-42-39)44-25-15-17-29-31-18-19-36-38(32-10-3-4-12-35(32)45-36)40(31)43(34(29)23-25)37-13-5-6-20-41-37/h1-23H. The van der Waals surface area contributed by atoms with Crippen LogP contribution < -0.4 is 0 Å². The summed E-state index contributed by atoms with van der Waals surface area (Å²) in [4.78, 5) is 12.1. The largest absolute Gasteiger partial charge is 0.293 e. The van der Waals surface area contributed by atoms with E-state index in [9.17, 15) is 0 Å². The van der Waals surface area contributed by atoms with Crippen LogP contribution in [0.15, 0.2) is 150 Å². The third kappa shape index (κ3) is 3.72. The number of benzene rings is 6. The highest BCUT2D eigenvalue weighted by Crippen LogP contribution is 2.44. The van der Waals surface area contributed by atoms with E-state index in [0.717, 1.165) is 16.9 Å². The predicted octanol–water partition coefficient (Wildman–Crippen LogP) is 11.6. The molecule has 0 fully saturated rings. The third-order valence-corrected chi connectivity index (χ3v) is 11.0. The molecule has 5 heteroatoms. The quantitative estimate of drug-likeness (QED) is 0.187. The van der Waals surface area contributed by atoms with Gasteiger partial charge in [-0.25, -0.2) is 4.98 Å². The summed E-state index contributed by atoms with van der Waals surface area (Å²) in [7, 11) is 0. The second-order valence-electron chi connectivity index (χ2n) is 11.4. The van der Waals surface area contributed by atoms with Gasteiger partial charge in [0.25, 0.3) is 0 Å². The maximum Gasteiger partial charge on any atom is 0.137 e. The Morgan fingerprint density at radius 1 is 0.489 bits per heavy atom. The molecule has 6 aromatic carbocycles. The van der Waals surface area contributed by atoms with Crippen molar-refractivity contribution in [3.8, 4) is 5.82 Å². The van der Waals surface area contributed by atoms with Crippen molar-refractivity contribution in [2.45, 2.75) is 9.79 Å². The number of fused-ring (bicyclic) bond motifs is 13. The molecule has 0 unspecified atom stereocenters. The zero-order valence-electron chi connectivity index (χ0n) is 23.9. The maximum absolute atomic E-state index is 4.85. The van der Waals surface area contributed by atoms with Crippen LogP contribution in [0, 0.1) is 0 Å². The smallest absolute Gasteiger partial charge is 0.137 e. The van der Waals surface area contributed by atoms with Crippen LogP contribution in [0.4, 0.5) is 0 Å². The van der Waals surface area contributed by atoms with Crippen molar-refractivity contribution >= 4 is 97.5 Å². The number of hydrogen-bond donors (Lipinski definition) is 0. The first-order valence-corrected chi connectivity index (χ1v) is 16.6. The highest BCUT2D eigenvalue weighted by molar-refractivity contribution is 7.99. The van der Waals surface area contributed by atoms with Gasteiger partial charge in [0.2, 0.25) is 0 Å². The van der Waals surface area contributed by atoms with E-state index in [-0.39, 0.29) is 0 Å². The maximum atomic E-state index is 4.85. The first-order valence-electron chi connectivity index (χ1n) is 15.0. The normalized spacial score (nSPS) is 12.1. The number of aromatic nitrogens is 3. The van der Waals surface area contributed by atoms with Gasteiger partial charge in [-0.3, -0.25) is 9.55 Å². The van der Waals surface area contributed by atoms with Gasteiger partial charge in [-0.05, 0) is 70.8 Å². The monoisotopic (exact) mass is 609 g/mol. The molecule has 210 valence electrons. The molecule has 0 aliphatic rings. The summed E-state index contributed by atoms with van der Waals surface area (Å²) in [6.07, 6.45) is 3.78. The molecule has 0 spiro atoms. The van der Waals surface area contributed by atoms with Gasteiger partial charge in [-0.1, -0.05) is 84.6 Å². The molecule has 0 aliphatic carbocycles. The molecule has 0 saturated carbocycles. The Balaban J connectivity index is 1.20. The SMILES string of the molecule is c1ccc(-n2c3cc(Sc4ccc5c6ccccc6c6cccnc6c5c4)ccc3c3ccc4sc5ccccc5c4c32)nc1. The van der Waals surface area contributed by atoms with Crippen molar-refractivity contribution in [1.29, 1.82) is 0 Å². The molecule has 4 aromatic heterocycles.